The highest BCUT2D eigenvalue weighted by atomic mass is 32.1. The lowest BCUT2D eigenvalue weighted by Crippen LogP contribution is -2.17. The van der Waals surface area contributed by atoms with E-state index in [-0.39, 0.29) is 0 Å². The zero-order valence-electron chi connectivity index (χ0n) is 12.1. The van der Waals surface area contributed by atoms with Crippen molar-refractivity contribution in [1.82, 2.24) is 14.7 Å². The van der Waals surface area contributed by atoms with Gasteiger partial charge in [-0.3, -0.25) is 4.40 Å². The van der Waals surface area contributed by atoms with Crippen LogP contribution in [0.1, 0.15) is 39.9 Å². The molecule has 1 atom stereocenters. The average molecular weight is 317 g/mol. The van der Waals surface area contributed by atoms with Gasteiger partial charge in [0.2, 0.25) is 0 Å². The first-order valence-electron chi connectivity index (χ1n) is 7.53. The van der Waals surface area contributed by atoms with Crippen molar-refractivity contribution >= 4 is 27.6 Å². The highest BCUT2D eigenvalue weighted by Crippen LogP contribution is 2.34. The molecule has 0 saturated heterocycles. The maximum absolute atomic E-state index is 4.71. The Hall–Kier alpha value is -1.17. The number of rotatable bonds is 4. The largest absolute Gasteiger partial charge is 0.312 e. The van der Waals surface area contributed by atoms with Crippen LogP contribution in [0.3, 0.4) is 0 Å². The zero-order valence-corrected chi connectivity index (χ0v) is 13.8. The summed E-state index contributed by atoms with van der Waals surface area (Å²) in [5.41, 5.74) is 2.76. The van der Waals surface area contributed by atoms with Crippen molar-refractivity contribution in [2.24, 2.45) is 0 Å². The second-order valence-corrected chi connectivity index (χ2v) is 7.72. The van der Waals surface area contributed by atoms with Gasteiger partial charge in [0.15, 0.2) is 4.96 Å². The standard InChI is InChI=1S/C16H19N3S2/c1-17-13(9-12-10-19-6-7-20-16(19)18-12)15-8-11-4-2-3-5-14(11)21-15/h6-8,10,13,17H,2-5,9H2,1H3. The van der Waals surface area contributed by atoms with Gasteiger partial charge in [0, 0.05) is 40.0 Å². The first-order valence-corrected chi connectivity index (χ1v) is 9.23. The van der Waals surface area contributed by atoms with Crippen molar-refractivity contribution in [3.63, 3.8) is 0 Å². The molecule has 0 amide bonds. The van der Waals surface area contributed by atoms with E-state index in [0.717, 1.165) is 11.4 Å². The number of likely N-dealkylation sites (N-methyl/N-ethyl adjacent to an activating group) is 1. The molecule has 4 rings (SSSR count). The molecule has 1 aliphatic carbocycles. The van der Waals surface area contributed by atoms with Crippen molar-refractivity contribution in [2.45, 2.75) is 38.1 Å². The molecule has 1 unspecified atom stereocenters. The normalized spacial score (nSPS) is 16.2. The number of imidazole rings is 1. The van der Waals surface area contributed by atoms with Gasteiger partial charge < -0.3 is 5.32 Å². The molecule has 1 N–H and O–H groups in total. The number of aryl methyl sites for hydroxylation is 2. The van der Waals surface area contributed by atoms with Crippen molar-refractivity contribution in [3.8, 4) is 0 Å². The Morgan fingerprint density at radius 3 is 3.10 bits per heavy atom. The summed E-state index contributed by atoms with van der Waals surface area (Å²) in [7, 11) is 2.06. The molecule has 3 aromatic rings. The van der Waals surface area contributed by atoms with Gasteiger partial charge in [-0.1, -0.05) is 0 Å². The summed E-state index contributed by atoms with van der Waals surface area (Å²) in [5.74, 6) is 0. The van der Waals surface area contributed by atoms with Gasteiger partial charge in [0.25, 0.3) is 0 Å². The SMILES string of the molecule is CNC(Cc1cn2ccsc2n1)c1cc2c(s1)CCCC2. The lowest BCUT2D eigenvalue weighted by atomic mass is 9.98. The van der Waals surface area contributed by atoms with Crippen LogP contribution < -0.4 is 5.32 Å². The Balaban J connectivity index is 1.59. The Morgan fingerprint density at radius 1 is 1.38 bits per heavy atom. The summed E-state index contributed by atoms with van der Waals surface area (Å²) in [6.45, 7) is 0. The molecule has 110 valence electrons. The fourth-order valence-electron chi connectivity index (χ4n) is 3.11. The molecule has 0 saturated carbocycles. The third-order valence-corrected chi connectivity index (χ3v) is 6.39. The first-order chi connectivity index (χ1) is 10.3. The number of hydrogen-bond donors (Lipinski definition) is 1. The smallest absolute Gasteiger partial charge is 0.193 e. The van der Waals surface area contributed by atoms with Gasteiger partial charge in [-0.05, 0) is 44.4 Å². The molecule has 0 fully saturated rings. The minimum atomic E-state index is 0.380. The summed E-state index contributed by atoms with van der Waals surface area (Å²) in [4.78, 5) is 8.89. The maximum atomic E-state index is 4.71. The van der Waals surface area contributed by atoms with E-state index in [9.17, 15) is 0 Å². The van der Waals surface area contributed by atoms with E-state index in [4.69, 9.17) is 4.98 Å². The van der Waals surface area contributed by atoms with Crippen molar-refractivity contribution in [3.05, 3.63) is 44.9 Å². The topological polar surface area (TPSA) is 29.3 Å². The van der Waals surface area contributed by atoms with Crippen LogP contribution in [0.5, 0.6) is 0 Å². The van der Waals surface area contributed by atoms with Crippen molar-refractivity contribution < 1.29 is 0 Å². The fraction of sp³-hybridized carbons (Fsp3) is 0.438. The molecule has 5 heteroatoms. The Bertz CT molecular complexity index is 701. The highest BCUT2D eigenvalue weighted by Gasteiger charge is 2.19. The summed E-state index contributed by atoms with van der Waals surface area (Å²) in [5, 5.41) is 5.56. The highest BCUT2D eigenvalue weighted by molar-refractivity contribution is 7.15. The van der Waals surface area contributed by atoms with Crippen LogP contribution in [0.2, 0.25) is 0 Å². The van der Waals surface area contributed by atoms with Gasteiger partial charge in [-0.25, -0.2) is 4.98 Å². The minimum Gasteiger partial charge on any atom is -0.312 e. The van der Waals surface area contributed by atoms with E-state index in [0.29, 0.717) is 6.04 Å². The van der Waals surface area contributed by atoms with Gasteiger partial charge in [0.1, 0.15) is 0 Å². The molecule has 3 nitrogen and oxygen atoms in total. The van der Waals surface area contributed by atoms with Crippen LogP contribution in [0, 0.1) is 0 Å². The molecule has 3 heterocycles. The Kier molecular flexibility index (Phi) is 3.57. The van der Waals surface area contributed by atoms with Crippen LogP contribution in [0.15, 0.2) is 23.8 Å². The van der Waals surface area contributed by atoms with Crippen molar-refractivity contribution in [1.29, 1.82) is 0 Å². The first kappa shape index (κ1) is 13.5. The lowest BCUT2D eigenvalue weighted by Gasteiger charge is -2.12. The van der Waals surface area contributed by atoms with Gasteiger partial charge >= 0.3 is 0 Å². The second-order valence-electron chi connectivity index (χ2n) is 5.67. The predicted octanol–water partition coefficient (Wildman–Crippen LogP) is 3.84. The zero-order chi connectivity index (χ0) is 14.2. The van der Waals surface area contributed by atoms with E-state index in [1.807, 2.05) is 11.3 Å². The Labute approximate surface area is 132 Å². The summed E-state index contributed by atoms with van der Waals surface area (Å²) in [6.07, 6.45) is 10.4. The molecule has 0 aliphatic heterocycles. The number of nitrogens with one attached hydrogen (secondary N) is 1. The fourth-order valence-corrected chi connectivity index (χ4v) is 5.20. The predicted molar refractivity (Wildman–Crippen MR) is 89.5 cm³/mol. The third-order valence-electron chi connectivity index (χ3n) is 4.26. The van der Waals surface area contributed by atoms with Crippen LogP contribution in [0.25, 0.3) is 4.96 Å². The quantitative estimate of drug-likeness (QED) is 0.792. The van der Waals surface area contributed by atoms with Crippen LogP contribution in [-0.4, -0.2) is 16.4 Å². The molecular formula is C16H19N3S2. The third kappa shape index (κ3) is 2.54. The summed E-state index contributed by atoms with van der Waals surface area (Å²) in [6, 6.07) is 2.81. The van der Waals surface area contributed by atoms with E-state index in [1.165, 1.54) is 36.3 Å². The monoisotopic (exact) mass is 317 g/mol. The molecular weight excluding hydrogens is 298 g/mol. The van der Waals surface area contributed by atoms with E-state index in [1.54, 1.807) is 21.8 Å². The Morgan fingerprint density at radius 2 is 2.29 bits per heavy atom. The molecule has 3 aromatic heterocycles. The number of thiazole rings is 1. The van der Waals surface area contributed by atoms with E-state index in [2.05, 4.69) is 40.6 Å². The van der Waals surface area contributed by atoms with Crippen LogP contribution in [-0.2, 0) is 19.3 Å². The van der Waals surface area contributed by atoms with Crippen LogP contribution >= 0.6 is 22.7 Å². The molecule has 0 radical (unpaired) electrons. The van der Waals surface area contributed by atoms with Crippen molar-refractivity contribution in [2.75, 3.05) is 7.05 Å². The molecule has 0 bridgehead atoms. The number of thiophene rings is 1. The van der Waals surface area contributed by atoms with E-state index < -0.39 is 0 Å². The van der Waals surface area contributed by atoms with Gasteiger partial charge in [-0.15, -0.1) is 22.7 Å². The summed E-state index contributed by atoms with van der Waals surface area (Å²) < 4.78 is 2.12. The number of aromatic nitrogens is 2. The number of nitrogens with zero attached hydrogens (tertiary/aromatic N) is 2. The summed E-state index contributed by atoms with van der Waals surface area (Å²) >= 11 is 3.70. The molecule has 0 spiro atoms. The van der Waals surface area contributed by atoms with Gasteiger partial charge in [-0.2, -0.15) is 0 Å². The minimum absolute atomic E-state index is 0.380. The number of fused-ring (bicyclic) bond motifs is 2. The van der Waals surface area contributed by atoms with E-state index >= 15 is 0 Å². The number of hydrogen-bond acceptors (Lipinski definition) is 4. The molecule has 0 aromatic carbocycles. The maximum Gasteiger partial charge on any atom is 0.193 e. The van der Waals surface area contributed by atoms with Crippen LogP contribution in [0.4, 0.5) is 0 Å². The lowest BCUT2D eigenvalue weighted by molar-refractivity contribution is 0.595. The average Bonchev–Trinajstić information content (AvgIpc) is 3.17. The molecule has 21 heavy (non-hydrogen) atoms. The second kappa shape index (κ2) is 5.55. The molecule has 1 aliphatic rings. The van der Waals surface area contributed by atoms with Gasteiger partial charge in [0.05, 0.1) is 5.69 Å².